The number of carboxylic acid groups (broad SMARTS) is 1. The Morgan fingerprint density at radius 1 is 1.05 bits per heavy atom. The summed E-state index contributed by atoms with van der Waals surface area (Å²) in [7, 11) is 0. The van der Waals surface area contributed by atoms with Crippen LogP contribution in [0.5, 0.6) is 0 Å². The number of Topliss-reactive ketones (excluding diaryl/α,β-unsaturated/α-hetero) is 1. The molecule has 0 aromatic heterocycles. The summed E-state index contributed by atoms with van der Waals surface area (Å²) in [4.78, 5) is 30.4. The van der Waals surface area contributed by atoms with Crippen LogP contribution >= 0.6 is 0 Å². The molecular formula is C10H20N2O9. The van der Waals surface area contributed by atoms with Gasteiger partial charge >= 0.3 is 5.97 Å². The zero-order valence-corrected chi connectivity index (χ0v) is 11.0. The predicted octanol–water partition coefficient (Wildman–Crippen LogP) is -5.10. The number of nitrogens with two attached hydrogens (primary N) is 2. The number of carbonyl (C=O) groups excluding carboxylic acids is 2. The molecule has 4 atom stereocenters. The molecule has 10 N–H and O–H groups in total. The highest BCUT2D eigenvalue weighted by molar-refractivity contribution is 5.84. The third-order valence-electron chi connectivity index (χ3n) is 2.13. The Hall–Kier alpha value is -1.63. The number of primary amides is 1. The van der Waals surface area contributed by atoms with Crippen LogP contribution in [0, 0.1) is 0 Å². The molecular weight excluding hydrogens is 292 g/mol. The van der Waals surface area contributed by atoms with E-state index in [-0.39, 0.29) is 6.42 Å². The number of carbonyl (C=O) groups is 3. The van der Waals surface area contributed by atoms with Crippen molar-refractivity contribution in [2.24, 2.45) is 11.5 Å². The van der Waals surface area contributed by atoms with E-state index in [1.807, 2.05) is 0 Å². The van der Waals surface area contributed by atoms with Gasteiger partial charge in [0.15, 0.2) is 5.78 Å². The average Bonchev–Trinajstić information content (AvgIpc) is 2.43. The van der Waals surface area contributed by atoms with E-state index in [1.165, 1.54) is 0 Å². The van der Waals surface area contributed by atoms with Crippen LogP contribution in [0.2, 0.25) is 0 Å². The summed E-state index contributed by atoms with van der Waals surface area (Å²) in [5.41, 5.74) is 9.57. The van der Waals surface area contributed by atoms with Gasteiger partial charge in [0.2, 0.25) is 5.91 Å². The van der Waals surface area contributed by atoms with Gasteiger partial charge in [-0.25, -0.2) is 0 Å². The minimum absolute atomic E-state index is 0.310. The first-order chi connectivity index (χ1) is 9.58. The van der Waals surface area contributed by atoms with Crippen LogP contribution in [-0.4, -0.2) is 85.9 Å². The number of hydrogen-bond donors (Lipinski definition) is 8. The van der Waals surface area contributed by atoms with Gasteiger partial charge in [0.25, 0.3) is 0 Å². The summed E-state index contributed by atoms with van der Waals surface area (Å²) in [6.45, 7) is -1.69. The lowest BCUT2D eigenvalue weighted by Crippen LogP contribution is -2.44. The second-order valence-corrected chi connectivity index (χ2v) is 3.92. The molecule has 124 valence electrons. The fourth-order valence-electron chi connectivity index (χ4n) is 0.906. The van der Waals surface area contributed by atoms with Crippen molar-refractivity contribution in [2.75, 3.05) is 13.2 Å². The van der Waals surface area contributed by atoms with Gasteiger partial charge in [-0.3, -0.25) is 14.4 Å². The van der Waals surface area contributed by atoms with Crippen LogP contribution < -0.4 is 11.5 Å². The summed E-state index contributed by atoms with van der Waals surface area (Å²) in [5.74, 6) is -2.92. The molecule has 0 bridgehead atoms. The zero-order chi connectivity index (χ0) is 17.2. The highest BCUT2D eigenvalue weighted by Gasteiger charge is 2.28. The van der Waals surface area contributed by atoms with Gasteiger partial charge in [-0.1, -0.05) is 0 Å². The Morgan fingerprint density at radius 3 is 1.76 bits per heavy atom. The smallest absolute Gasteiger partial charge is 0.321 e. The molecule has 0 aromatic rings. The first-order valence-electron chi connectivity index (χ1n) is 5.63. The molecule has 0 aliphatic carbocycles. The quantitative estimate of drug-likeness (QED) is 0.212. The summed E-state index contributed by atoms with van der Waals surface area (Å²) in [6.07, 6.45) is -5.53. The van der Waals surface area contributed by atoms with Crippen molar-refractivity contribution >= 4 is 17.7 Å². The Labute approximate surface area is 119 Å². The van der Waals surface area contributed by atoms with E-state index in [0.29, 0.717) is 0 Å². The number of ketones is 1. The second kappa shape index (κ2) is 11.1. The van der Waals surface area contributed by atoms with E-state index in [4.69, 9.17) is 36.4 Å². The molecule has 11 nitrogen and oxygen atoms in total. The standard InChI is InChI=1S/C6H12O6.C4H8N2O3/c7-1-3(9)5(11)6(12)4(10)2-8;5-2(4(8)9)1-3(6)7/h3,5-9,11-12H,1-2H2;2H,1,5H2,(H2,6,7)(H,8,9)/t3-,5-,6-;2-/m10/s1. The van der Waals surface area contributed by atoms with Gasteiger partial charge in [-0.2, -0.15) is 0 Å². The Bertz CT molecular complexity index is 349. The van der Waals surface area contributed by atoms with Crippen molar-refractivity contribution < 1.29 is 45.0 Å². The van der Waals surface area contributed by atoms with Gasteiger partial charge in [-0.15, -0.1) is 0 Å². The van der Waals surface area contributed by atoms with Gasteiger partial charge < -0.3 is 42.1 Å². The molecule has 0 fully saturated rings. The van der Waals surface area contributed by atoms with Crippen molar-refractivity contribution in [1.29, 1.82) is 0 Å². The van der Waals surface area contributed by atoms with Crippen molar-refractivity contribution in [3.8, 4) is 0 Å². The minimum Gasteiger partial charge on any atom is -0.480 e. The van der Waals surface area contributed by atoms with E-state index in [2.05, 4.69) is 5.73 Å². The minimum atomic E-state index is -1.86. The third-order valence-corrected chi connectivity index (χ3v) is 2.13. The van der Waals surface area contributed by atoms with E-state index in [9.17, 15) is 14.4 Å². The molecule has 1 amide bonds. The second-order valence-electron chi connectivity index (χ2n) is 3.92. The van der Waals surface area contributed by atoms with Crippen LogP contribution in [0.1, 0.15) is 6.42 Å². The summed E-state index contributed by atoms with van der Waals surface area (Å²) < 4.78 is 0. The molecule has 0 aliphatic rings. The monoisotopic (exact) mass is 312 g/mol. The number of hydrogen-bond acceptors (Lipinski definition) is 9. The van der Waals surface area contributed by atoms with E-state index >= 15 is 0 Å². The molecule has 11 heteroatoms. The molecule has 0 saturated carbocycles. The van der Waals surface area contributed by atoms with Gasteiger partial charge in [0.05, 0.1) is 13.0 Å². The van der Waals surface area contributed by atoms with Gasteiger partial charge in [0, 0.05) is 0 Å². The number of aliphatic hydroxyl groups excluding tert-OH is 5. The Kier molecular flexibility index (Phi) is 11.4. The Balaban J connectivity index is 0. The number of aliphatic hydroxyl groups is 5. The van der Waals surface area contributed by atoms with Crippen LogP contribution in [0.4, 0.5) is 0 Å². The lowest BCUT2D eigenvalue weighted by atomic mass is 10.1. The average molecular weight is 312 g/mol. The molecule has 0 unspecified atom stereocenters. The van der Waals surface area contributed by atoms with E-state index < -0.39 is 55.2 Å². The largest absolute Gasteiger partial charge is 0.480 e. The van der Waals surface area contributed by atoms with Crippen molar-refractivity contribution in [1.82, 2.24) is 0 Å². The molecule has 0 spiro atoms. The zero-order valence-electron chi connectivity index (χ0n) is 11.0. The normalized spacial score (nSPS) is 15.9. The number of rotatable bonds is 8. The first kappa shape index (κ1) is 21.7. The maximum Gasteiger partial charge on any atom is 0.321 e. The molecule has 0 aliphatic heterocycles. The lowest BCUT2D eigenvalue weighted by Gasteiger charge is -2.19. The lowest BCUT2D eigenvalue weighted by molar-refractivity contribution is -0.142. The topological polar surface area (TPSA) is 225 Å². The van der Waals surface area contributed by atoms with Crippen LogP contribution in [0.25, 0.3) is 0 Å². The Morgan fingerprint density at radius 2 is 1.52 bits per heavy atom. The molecule has 0 rings (SSSR count). The number of carboxylic acids is 1. The van der Waals surface area contributed by atoms with Crippen LogP contribution in [0.15, 0.2) is 0 Å². The maximum atomic E-state index is 10.5. The maximum absolute atomic E-state index is 10.5. The van der Waals surface area contributed by atoms with Crippen molar-refractivity contribution in [2.45, 2.75) is 30.8 Å². The molecule has 21 heavy (non-hydrogen) atoms. The van der Waals surface area contributed by atoms with Gasteiger partial charge in [0.1, 0.15) is 31.0 Å². The molecule has 0 radical (unpaired) electrons. The van der Waals surface area contributed by atoms with E-state index in [0.717, 1.165) is 0 Å². The van der Waals surface area contributed by atoms with E-state index in [1.54, 1.807) is 0 Å². The third kappa shape index (κ3) is 9.84. The molecule has 0 aromatic carbocycles. The highest BCUT2D eigenvalue weighted by Crippen LogP contribution is 2.00. The first-order valence-corrected chi connectivity index (χ1v) is 5.63. The number of amides is 1. The fourth-order valence-corrected chi connectivity index (χ4v) is 0.906. The fraction of sp³-hybridized carbons (Fsp3) is 0.700. The van der Waals surface area contributed by atoms with Crippen molar-refractivity contribution in [3.05, 3.63) is 0 Å². The highest BCUT2D eigenvalue weighted by atomic mass is 16.4. The van der Waals surface area contributed by atoms with Gasteiger partial charge in [-0.05, 0) is 0 Å². The number of aliphatic carboxylic acids is 1. The predicted molar refractivity (Wildman–Crippen MR) is 66.6 cm³/mol. The summed E-state index contributed by atoms with van der Waals surface area (Å²) in [6, 6.07) is -1.16. The van der Waals surface area contributed by atoms with Crippen LogP contribution in [-0.2, 0) is 14.4 Å². The van der Waals surface area contributed by atoms with Crippen molar-refractivity contribution in [3.63, 3.8) is 0 Å². The summed E-state index contributed by atoms with van der Waals surface area (Å²) >= 11 is 0. The summed E-state index contributed by atoms with van der Waals surface area (Å²) in [5, 5.41) is 51.2. The molecule has 0 heterocycles. The molecule has 0 saturated heterocycles. The van der Waals surface area contributed by atoms with Crippen LogP contribution in [0.3, 0.4) is 0 Å². The SMILES string of the molecule is NC(=O)C[C@H](N)C(=O)O.O=C(CO)[C@@H](O)[C@H](O)[C@H](O)CO.